The van der Waals surface area contributed by atoms with Gasteiger partial charge in [0.2, 0.25) is 5.13 Å². The molecular formula is C9H5FN4S. The molecule has 4 nitrogen and oxygen atoms in total. The minimum Gasteiger partial charge on any atom is -0.374 e. The van der Waals surface area contributed by atoms with Crippen molar-refractivity contribution in [3.8, 4) is 16.6 Å². The number of hydrogen-bond acceptors (Lipinski definition) is 5. The third-order valence-electron chi connectivity index (χ3n) is 1.71. The Balaban J connectivity index is 2.54. The lowest BCUT2D eigenvalue weighted by Crippen LogP contribution is -1.83. The van der Waals surface area contributed by atoms with Crippen molar-refractivity contribution in [1.82, 2.24) is 10.2 Å². The first-order valence-electron chi connectivity index (χ1n) is 3.99. The maximum atomic E-state index is 13.1. The lowest BCUT2D eigenvalue weighted by molar-refractivity contribution is 0.628. The summed E-state index contributed by atoms with van der Waals surface area (Å²) >= 11 is 1.15. The fourth-order valence-electron chi connectivity index (χ4n) is 1.13. The number of nitrogen functional groups attached to an aromatic ring is 1. The van der Waals surface area contributed by atoms with Crippen LogP contribution >= 0.6 is 11.3 Å². The van der Waals surface area contributed by atoms with Crippen LogP contribution < -0.4 is 5.73 Å². The van der Waals surface area contributed by atoms with Gasteiger partial charge in [0.1, 0.15) is 10.8 Å². The Labute approximate surface area is 88.8 Å². The third-order valence-corrected chi connectivity index (χ3v) is 2.52. The van der Waals surface area contributed by atoms with E-state index >= 15 is 0 Å². The van der Waals surface area contributed by atoms with Gasteiger partial charge in [0.25, 0.3) is 0 Å². The van der Waals surface area contributed by atoms with Crippen molar-refractivity contribution in [2.45, 2.75) is 0 Å². The molecule has 1 heterocycles. The molecule has 0 saturated carbocycles. The quantitative estimate of drug-likeness (QED) is 0.795. The predicted molar refractivity (Wildman–Crippen MR) is 54.4 cm³/mol. The zero-order chi connectivity index (χ0) is 10.8. The van der Waals surface area contributed by atoms with Crippen LogP contribution in [-0.2, 0) is 0 Å². The zero-order valence-electron chi connectivity index (χ0n) is 7.44. The van der Waals surface area contributed by atoms with Gasteiger partial charge >= 0.3 is 0 Å². The van der Waals surface area contributed by atoms with Gasteiger partial charge in [-0.2, -0.15) is 5.26 Å². The number of hydrogen-bond donors (Lipinski definition) is 1. The number of benzene rings is 1. The minimum atomic E-state index is -0.474. The van der Waals surface area contributed by atoms with Gasteiger partial charge in [0.05, 0.1) is 11.6 Å². The summed E-state index contributed by atoms with van der Waals surface area (Å²) in [5, 5.41) is 16.9. The van der Waals surface area contributed by atoms with Crippen LogP contribution in [0, 0.1) is 17.1 Å². The molecule has 0 aliphatic rings. The molecule has 0 aliphatic heterocycles. The first-order chi connectivity index (χ1) is 7.19. The summed E-state index contributed by atoms with van der Waals surface area (Å²) in [7, 11) is 0. The molecule has 0 unspecified atom stereocenters. The molecule has 0 spiro atoms. The average molecular weight is 220 g/mol. The summed E-state index contributed by atoms with van der Waals surface area (Å²) in [6.07, 6.45) is 0. The summed E-state index contributed by atoms with van der Waals surface area (Å²) in [5.41, 5.74) is 6.17. The maximum absolute atomic E-state index is 13.1. The van der Waals surface area contributed by atoms with Crippen molar-refractivity contribution >= 4 is 16.5 Å². The van der Waals surface area contributed by atoms with Crippen LogP contribution in [-0.4, -0.2) is 10.2 Å². The molecular weight excluding hydrogens is 215 g/mol. The van der Waals surface area contributed by atoms with Gasteiger partial charge in [-0.3, -0.25) is 0 Å². The molecule has 15 heavy (non-hydrogen) atoms. The third kappa shape index (κ3) is 1.92. The highest BCUT2D eigenvalue weighted by Crippen LogP contribution is 2.25. The van der Waals surface area contributed by atoms with Crippen molar-refractivity contribution in [2.24, 2.45) is 0 Å². The molecule has 0 radical (unpaired) electrons. The molecule has 0 aliphatic carbocycles. The first kappa shape index (κ1) is 9.55. The topological polar surface area (TPSA) is 75.6 Å². The molecule has 2 rings (SSSR count). The van der Waals surface area contributed by atoms with E-state index in [-0.39, 0.29) is 5.56 Å². The van der Waals surface area contributed by atoms with Crippen LogP contribution in [0.5, 0.6) is 0 Å². The molecule has 0 fully saturated rings. The second-order valence-electron chi connectivity index (χ2n) is 2.79. The SMILES string of the molecule is N#Cc1cc(F)cc(-c2nnc(N)s2)c1. The normalized spacial score (nSPS) is 9.87. The molecule has 2 aromatic rings. The number of halogens is 1. The van der Waals surface area contributed by atoms with E-state index in [9.17, 15) is 4.39 Å². The van der Waals surface area contributed by atoms with Crippen LogP contribution in [0.2, 0.25) is 0 Å². The van der Waals surface area contributed by atoms with Gasteiger partial charge in [-0.05, 0) is 18.2 Å². The average Bonchev–Trinajstić information content (AvgIpc) is 2.64. The van der Waals surface area contributed by atoms with Crippen molar-refractivity contribution in [1.29, 1.82) is 5.26 Å². The molecule has 0 atom stereocenters. The van der Waals surface area contributed by atoms with Crippen molar-refractivity contribution in [3.63, 3.8) is 0 Å². The van der Waals surface area contributed by atoms with Crippen LogP contribution in [0.4, 0.5) is 9.52 Å². The number of nitriles is 1. The van der Waals surface area contributed by atoms with Crippen LogP contribution in [0.3, 0.4) is 0 Å². The fourth-order valence-corrected chi connectivity index (χ4v) is 1.73. The van der Waals surface area contributed by atoms with Crippen LogP contribution in [0.1, 0.15) is 5.56 Å². The number of anilines is 1. The summed E-state index contributed by atoms with van der Waals surface area (Å²) in [6.45, 7) is 0. The first-order valence-corrected chi connectivity index (χ1v) is 4.81. The molecule has 6 heteroatoms. The Kier molecular flexibility index (Phi) is 2.31. The number of nitrogens with two attached hydrogens (primary N) is 1. The number of nitrogens with zero attached hydrogens (tertiary/aromatic N) is 3. The Bertz CT molecular complexity index is 543. The lowest BCUT2D eigenvalue weighted by Gasteiger charge is -1.96. The molecule has 74 valence electrons. The van der Waals surface area contributed by atoms with E-state index in [0.29, 0.717) is 15.7 Å². The summed E-state index contributed by atoms with van der Waals surface area (Å²) in [6, 6.07) is 5.87. The van der Waals surface area contributed by atoms with Gasteiger partial charge in [0, 0.05) is 5.56 Å². The summed E-state index contributed by atoms with van der Waals surface area (Å²) in [4.78, 5) is 0. The van der Waals surface area contributed by atoms with E-state index in [0.717, 1.165) is 17.4 Å². The highest BCUT2D eigenvalue weighted by atomic mass is 32.1. The van der Waals surface area contributed by atoms with Crippen molar-refractivity contribution in [2.75, 3.05) is 5.73 Å². The molecule has 1 aromatic carbocycles. The van der Waals surface area contributed by atoms with E-state index < -0.39 is 5.82 Å². The smallest absolute Gasteiger partial charge is 0.203 e. The van der Waals surface area contributed by atoms with Crippen LogP contribution in [0.15, 0.2) is 18.2 Å². The number of rotatable bonds is 1. The van der Waals surface area contributed by atoms with Gasteiger partial charge in [0.15, 0.2) is 0 Å². The Hall–Kier alpha value is -2.00. The van der Waals surface area contributed by atoms with E-state index in [1.165, 1.54) is 6.07 Å². The highest BCUT2D eigenvalue weighted by molar-refractivity contribution is 7.18. The Morgan fingerprint density at radius 1 is 1.33 bits per heavy atom. The predicted octanol–water partition coefficient (Wildman–Crippen LogP) is 1.80. The molecule has 0 saturated heterocycles. The zero-order valence-corrected chi connectivity index (χ0v) is 8.25. The Morgan fingerprint density at radius 2 is 2.13 bits per heavy atom. The van der Waals surface area contributed by atoms with Crippen molar-refractivity contribution < 1.29 is 4.39 Å². The largest absolute Gasteiger partial charge is 0.374 e. The van der Waals surface area contributed by atoms with Crippen LogP contribution in [0.25, 0.3) is 10.6 Å². The lowest BCUT2D eigenvalue weighted by atomic mass is 10.1. The summed E-state index contributed by atoms with van der Waals surface area (Å²) in [5.74, 6) is -0.474. The van der Waals surface area contributed by atoms with Gasteiger partial charge in [-0.15, -0.1) is 10.2 Å². The molecule has 0 amide bonds. The number of aromatic nitrogens is 2. The van der Waals surface area contributed by atoms with E-state index in [1.807, 2.05) is 6.07 Å². The minimum absolute atomic E-state index is 0.249. The standard InChI is InChI=1S/C9H5FN4S/c10-7-2-5(4-11)1-6(3-7)8-13-14-9(12)15-8/h1-3H,(H2,12,14). The second-order valence-corrected chi connectivity index (χ2v) is 3.79. The van der Waals surface area contributed by atoms with E-state index in [1.54, 1.807) is 6.07 Å². The second kappa shape index (κ2) is 3.63. The monoisotopic (exact) mass is 220 g/mol. The molecule has 2 N–H and O–H groups in total. The van der Waals surface area contributed by atoms with Gasteiger partial charge in [-0.1, -0.05) is 11.3 Å². The Morgan fingerprint density at radius 3 is 2.73 bits per heavy atom. The van der Waals surface area contributed by atoms with Gasteiger partial charge < -0.3 is 5.73 Å². The van der Waals surface area contributed by atoms with E-state index in [4.69, 9.17) is 11.0 Å². The fraction of sp³-hybridized carbons (Fsp3) is 0. The van der Waals surface area contributed by atoms with Crippen molar-refractivity contribution in [3.05, 3.63) is 29.6 Å². The molecule has 1 aromatic heterocycles. The summed E-state index contributed by atoms with van der Waals surface area (Å²) < 4.78 is 13.1. The molecule has 0 bridgehead atoms. The van der Waals surface area contributed by atoms with E-state index in [2.05, 4.69) is 10.2 Å². The highest BCUT2D eigenvalue weighted by Gasteiger charge is 2.07. The maximum Gasteiger partial charge on any atom is 0.203 e. The van der Waals surface area contributed by atoms with Gasteiger partial charge in [-0.25, -0.2) is 4.39 Å².